The van der Waals surface area contributed by atoms with Gasteiger partial charge >= 0.3 is 0 Å². The molecular formula is C16H17FN2. The Balaban J connectivity index is 1.80. The van der Waals surface area contributed by atoms with E-state index in [1.54, 1.807) is 12.3 Å². The number of aromatic nitrogens is 1. The van der Waals surface area contributed by atoms with Crippen LogP contribution in [0, 0.1) is 12.7 Å². The molecule has 0 aliphatic heterocycles. The number of hydrogen-bond donors (Lipinski definition) is 1. The molecule has 0 radical (unpaired) electrons. The molecule has 0 atom stereocenters. The first-order valence-electron chi connectivity index (χ1n) is 6.67. The van der Waals surface area contributed by atoms with Crippen LogP contribution in [0.4, 0.5) is 4.39 Å². The standard InChI is InChI=1S/C16H17FN2/c1-11-2-4-13(10-18-11)15-7-3-12(8-16(15)17)9-19-14-5-6-14/h2-4,7-8,10,14,19H,5-6,9H2,1H3. The van der Waals surface area contributed by atoms with E-state index in [0.29, 0.717) is 11.6 Å². The topological polar surface area (TPSA) is 24.9 Å². The van der Waals surface area contributed by atoms with Crippen molar-refractivity contribution in [3.8, 4) is 11.1 Å². The molecule has 98 valence electrons. The van der Waals surface area contributed by atoms with Crippen LogP contribution in [0.2, 0.25) is 0 Å². The number of benzene rings is 1. The van der Waals surface area contributed by atoms with Gasteiger partial charge in [-0.15, -0.1) is 0 Å². The van der Waals surface area contributed by atoms with E-state index in [1.165, 1.54) is 12.8 Å². The van der Waals surface area contributed by atoms with E-state index >= 15 is 0 Å². The molecule has 1 aromatic heterocycles. The summed E-state index contributed by atoms with van der Waals surface area (Å²) in [6, 6.07) is 9.88. The molecular weight excluding hydrogens is 239 g/mol. The molecule has 1 heterocycles. The van der Waals surface area contributed by atoms with Gasteiger partial charge in [0.05, 0.1) is 0 Å². The number of aryl methyl sites for hydroxylation is 1. The summed E-state index contributed by atoms with van der Waals surface area (Å²) in [5, 5.41) is 3.39. The zero-order chi connectivity index (χ0) is 13.2. The van der Waals surface area contributed by atoms with Gasteiger partial charge in [0, 0.05) is 35.6 Å². The Morgan fingerprint density at radius 3 is 2.74 bits per heavy atom. The lowest BCUT2D eigenvalue weighted by molar-refractivity contribution is 0.623. The van der Waals surface area contributed by atoms with Crippen LogP contribution in [0.5, 0.6) is 0 Å². The van der Waals surface area contributed by atoms with Gasteiger partial charge in [-0.1, -0.05) is 18.2 Å². The van der Waals surface area contributed by atoms with Crippen LogP contribution in [0.3, 0.4) is 0 Å². The van der Waals surface area contributed by atoms with Crippen LogP contribution in [0.1, 0.15) is 24.1 Å². The highest BCUT2D eigenvalue weighted by atomic mass is 19.1. The van der Waals surface area contributed by atoms with Crippen LogP contribution >= 0.6 is 0 Å². The third-order valence-corrected chi connectivity index (χ3v) is 3.43. The van der Waals surface area contributed by atoms with Crippen molar-refractivity contribution in [2.45, 2.75) is 32.4 Å². The van der Waals surface area contributed by atoms with Gasteiger partial charge in [-0.25, -0.2) is 4.39 Å². The molecule has 1 N–H and O–H groups in total. The molecule has 1 aromatic carbocycles. The summed E-state index contributed by atoms with van der Waals surface area (Å²) in [7, 11) is 0. The molecule has 0 unspecified atom stereocenters. The first-order valence-corrected chi connectivity index (χ1v) is 6.67. The molecule has 0 bridgehead atoms. The fourth-order valence-electron chi connectivity index (χ4n) is 2.08. The van der Waals surface area contributed by atoms with E-state index in [9.17, 15) is 4.39 Å². The van der Waals surface area contributed by atoms with Crippen molar-refractivity contribution in [2.24, 2.45) is 0 Å². The Hall–Kier alpha value is -1.74. The molecule has 1 fully saturated rings. The summed E-state index contributed by atoms with van der Waals surface area (Å²) >= 11 is 0. The van der Waals surface area contributed by atoms with Crippen molar-refractivity contribution in [3.63, 3.8) is 0 Å². The summed E-state index contributed by atoms with van der Waals surface area (Å²) in [5.41, 5.74) is 3.37. The molecule has 19 heavy (non-hydrogen) atoms. The van der Waals surface area contributed by atoms with Gasteiger partial charge in [0.15, 0.2) is 0 Å². The lowest BCUT2D eigenvalue weighted by Gasteiger charge is -2.07. The molecule has 3 heteroatoms. The van der Waals surface area contributed by atoms with E-state index in [-0.39, 0.29) is 5.82 Å². The monoisotopic (exact) mass is 256 g/mol. The molecule has 3 rings (SSSR count). The average Bonchev–Trinajstić information content (AvgIpc) is 3.22. The highest BCUT2D eigenvalue weighted by molar-refractivity contribution is 5.63. The Morgan fingerprint density at radius 1 is 1.26 bits per heavy atom. The molecule has 0 amide bonds. The van der Waals surface area contributed by atoms with Gasteiger partial charge in [0.25, 0.3) is 0 Å². The number of halogens is 1. The Morgan fingerprint density at radius 2 is 2.11 bits per heavy atom. The fourth-order valence-corrected chi connectivity index (χ4v) is 2.08. The summed E-state index contributed by atoms with van der Waals surface area (Å²) < 4.78 is 14.1. The van der Waals surface area contributed by atoms with Crippen molar-refractivity contribution < 1.29 is 4.39 Å². The molecule has 2 nitrogen and oxygen atoms in total. The number of hydrogen-bond acceptors (Lipinski definition) is 2. The van der Waals surface area contributed by atoms with Crippen LogP contribution < -0.4 is 5.32 Å². The molecule has 1 saturated carbocycles. The van der Waals surface area contributed by atoms with Gasteiger partial charge in [-0.05, 0) is 37.5 Å². The predicted octanol–water partition coefficient (Wildman–Crippen LogP) is 3.45. The number of nitrogens with zero attached hydrogens (tertiary/aromatic N) is 1. The van der Waals surface area contributed by atoms with Crippen molar-refractivity contribution in [2.75, 3.05) is 0 Å². The minimum Gasteiger partial charge on any atom is -0.310 e. The van der Waals surface area contributed by atoms with E-state index in [4.69, 9.17) is 0 Å². The minimum absolute atomic E-state index is 0.180. The highest BCUT2D eigenvalue weighted by Gasteiger charge is 2.20. The molecule has 0 saturated heterocycles. The number of rotatable bonds is 4. The summed E-state index contributed by atoms with van der Waals surface area (Å²) in [5.74, 6) is -0.180. The minimum atomic E-state index is -0.180. The van der Waals surface area contributed by atoms with Crippen LogP contribution in [-0.2, 0) is 6.54 Å². The maximum atomic E-state index is 14.1. The smallest absolute Gasteiger partial charge is 0.131 e. The van der Waals surface area contributed by atoms with Crippen LogP contribution in [0.15, 0.2) is 36.5 Å². The molecule has 2 aromatic rings. The second-order valence-electron chi connectivity index (χ2n) is 5.16. The maximum Gasteiger partial charge on any atom is 0.131 e. The summed E-state index contributed by atoms with van der Waals surface area (Å²) in [4.78, 5) is 4.21. The van der Waals surface area contributed by atoms with Crippen molar-refractivity contribution in [3.05, 3.63) is 53.6 Å². The zero-order valence-electron chi connectivity index (χ0n) is 11.0. The number of pyridine rings is 1. The Labute approximate surface area is 112 Å². The van der Waals surface area contributed by atoms with Gasteiger partial charge in [-0.2, -0.15) is 0 Å². The lowest BCUT2D eigenvalue weighted by Crippen LogP contribution is -2.15. The third kappa shape index (κ3) is 2.99. The zero-order valence-corrected chi connectivity index (χ0v) is 11.0. The fraction of sp³-hybridized carbons (Fsp3) is 0.312. The second kappa shape index (κ2) is 5.10. The van der Waals surface area contributed by atoms with Gasteiger partial charge < -0.3 is 5.32 Å². The SMILES string of the molecule is Cc1ccc(-c2ccc(CNC3CC3)cc2F)cn1. The van der Waals surface area contributed by atoms with Gasteiger partial charge in [-0.3, -0.25) is 4.98 Å². The predicted molar refractivity (Wildman–Crippen MR) is 74.2 cm³/mol. The largest absolute Gasteiger partial charge is 0.310 e. The highest BCUT2D eigenvalue weighted by Crippen LogP contribution is 2.24. The second-order valence-corrected chi connectivity index (χ2v) is 5.16. The lowest BCUT2D eigenvalue weighted by atomic mass is 10.0. The average molecular weight is 256 g/mol. The van der Waals surface area contributed by atoms with E-state index < -0.39 is 0 Å². The maximum absolute atomic E-state index is 14.1. The van der Waals surface area contributed by atoms with Gasteiger partial charge in [0.1, 0.15) is 5.82 Å². The van der Waals surface area contributed by atoms with Crippen LogP contribution in [0.25, 0.3) is 11.1 Å². The van der Waals surface area contributed by atoms with E-state index in [0.717, 1.165) is 23.4 Å². The van der Waals surface area contributed by atoms with E-state index in [1.807, 2.05) is 31.2 Å². The van der Waals surface area contributed by atoms with E-state index in [2.05, 4.69) is 10.3 Å². The first kappa shape index (κ1) is 12.3. The Kier molecular flexibility index (Phi) is 3.30. The number of nitrogens with one attached hydrogen (secondary N) is 1. The van der Waals surface area contributed by atoms with Crippen molar-refractivity contribution >= 4 is 0 Å². The van der Waals surface area contributed by atoms with Crippen LogP contribution in [-0.4, -0.2) is 11.0 Å². The van der Waals surface area contributed by atoms with Gasteiger partial charge in [0.2, 0.25) is 0 Å². The summed E-state index contributed by atoms with van der Waals surface area (Å²) in [6.07, 6.45) is 4.21. The normalized spacial score (nSPS) is 14.6. The van der Waals surface area contributed by atoms with Crippen molar-refractivity contribution in [1.29, 1.82) is 0 Å². The first-order chi connectivity index (χ1) is 9.22. The molecule has 1 aliphatic rings. The quantitative estimate of drug-likeness (QED) is 0.906. The van der Waals surface area contributed by atoms with Crippen molar-refractivity contribution in [1.82, 2.24) is 10.3 Å². The Bertz CT molecular complexity index is 574. The summed E-state index contributed by atoms with van der Waals surface area (Å²) in [6.45, 7) is 2.67. The molecule has 0 spiro atoms. The molecule has 1 aliphatic carbocycles. The third-order valence-electron chi connectivity index (χ3n) is 3.43.